The van der Waals surface area contributed by atoms with E-state index in [9.17, 15) is 4.79 Å². The highest BCUT2D eigenvalue weighted by molar-refractivity contribution is 5.97. The molecule has 0 spiro atoms. The summed E-state index contributed by atoms with van der Waals surface area (Å²) in [5, 5.41) is 8.32. The van der Waals surface area contributed by atoms with Crippen molar-refractivity contribution >= 4 is 5.78 Å². The molecule has 0 aromatic carbocycles. The second-order valence-electron chi connectivity index (χ2n) is 1.94. The number of carbonyl (C=O) groups excluding carboxylic acids is 1. The van der Waals surface area contributed by atoms with Gasteiger partial charge in [0.1, 0.15) is 12.3 Å². The zero-order chi connectivity index (χ0) is 8.27. The standard InChI is InChI=1S/C7H6N2O2/c8-2-6-1-5(4-11-6)7(10)3-9/h1,4H,3,9H2. The van der Waals surface area contributed by atoms with Crippen LogP contribution < -0.4 is 5.73 Å². The van der Waals surface area contributed by atoms with Gasteiger partial charge in [0.15, 0.2) is 5.78 Å². The first-order chi connectivity index (χ1) is 5.27. The number of nitriles is 1. The van der Waals surface area contributed by atoms with Crippen molar-refractivity contribution in [1.29, 1.82) is 5.26 Å². The molecular weight excluding hydrogens is 144 g/mol. The van der Waals surface area contributed by atoms with Crippen molar-refractivity contribution in [3.8, 4) is 6.07 Å². The van der Waals surface area contributed by atoms with Gasteiger partial charge in [-0.3, -0.25) is 4.79 Å². The van der Waals surface area contributed by atoms with E-state index in [4.69, 9.17) is 15.4 Å². The summed E-state index contributed by atoms with van der Waals surface area (Å²) in [6.45, 7) is -0.0651. The van der Waals surface area contributed by atoms with Crippen molar-refractivity contribution in [1.82, 2.24) is 0 Å². The Kier molecular flexibility index (Phi) is 2.04. The fraction of sp³-hybridized carbons (Fsp3) is 0.143. The Labute approximate surface area is 63.2 Å². The number of hydrogen-bond acceptors (Lipinski definition) is 4. The molecule has 4 heteroatoms. The molecule has 1 aromatic rings. The monoisotopic (exact) mass is 150 g/mol. The fourth-order valence-electron chi connectivity index (χ4n) is 0.659. The molecule has 0 saturated carbocycles. The minimum Gasteiger partial charge on any atom is -0.453 e. The van der Waals surface area contributed by atoms with E-state index >= 15 is 0 Å². The summed E-state index contributed by atoms with van der Waals surface area (Å²) in [7, 11) is 0. The number of nitrogens with two attached hydrogens (primary N) is 1. The highest BCUT2D eigenvalue weighted by Gasteiger charge is 2.06. The molecule has 0 radical (unpaired) electrons. The molecule has 0 amide bonds. The van der Waals surface area contributed by atoms with Crippen LogP contribution in [0.1, 0.15) is 16.1 Å². The van der Waals surface area contributed by atoms with E-state index in [2.05, 4.69) is 0 Å². The van der Waals surface area contributed by atoms with Crippen molar-refractivity contribution in [3.63, 3.8) is 0 Å². The van der Waals surface area contributed by atoms with Gasteiger partial charge < -0.3 is 10.2 Å². The Morgan fingerprint density at radius 2 is 2.55 bits per heavy atom. The fourth-order valence-corrected chi connectivity index (χ4v) is 0.659. The molecule has 0 aliphatic rings. The van der Waals surface area contributed by atoms with Gasteiger partial charge in [-0.1, -0.05) is 0 Å². The van der Waals surface area contributed by atoms with Gasteiger partial charge in [-0.15, -0.1) is 0 Å². The van der Waals surface area contributed by atoms with Crippen LogP contribution >= 0.6 is 0 Å². The van der Waals surface area contributed by atoms with Gasteiger partial charge in [-0.25, -0.2) is 0 Å². The molecule has 4 nitrogen and oxygen atoms in total. The molecule has 1 aromatic heterocycles. The Hall–Kier alpha value is -1.60. The Morgan fingerprint density at radius 1 is 1.82 bits per heavy atom. The van der Waals surface area contributed by atoms with Crippen LogP contribution in [0.25, 0.3) is 0 Å². The van der Waals surface area contributed by atoms with Crippen molar-refractivity contribution in [3.05, 3.63) is 23.7 Å². The second kappa shape index (κ2) is 2.99. The molecule has 0 aliphatic heterocycles. The van der Waals surface area contributed by atoms with Gasteiger partial charge in [0, 0.05) is 6.07 Å². The van der Waals surface area contributed by atoms with Crippen LogP contribution in [0.3, 0.4) is 0 Å². The van der Waals surface area contributed by atoms with Crippen LogP contribution in [0, 0.1) is 11.3 Å². The molecule has 0 atom stereocenters. The maximum atomic E-state index is 10.8. The van der Waals surface area contributed by atoms with E-state index in [1.54, 1.807) is 6.07 Å². The molecule has 0 bridgehead atoms. The highest BCUT2D eigenvalue weighted by atomic mass is 16.3. The molecular formula is C7H6N2O2. The molecule has 2 N–H and O–H groups in total. The number of rotatable bonds is 2. The van der Waals surface area contributed by atoms with Crippen LogP contribution in [0.15, 0.2) is 16.7 Å². The number of ketones is 1. The third kappa shape index (κ3) is 1.45. The summed E-state index contributed by atoms with van der Waals surface area (Å²) in [6.07, 6.45) is 1.23. The van der Waals surface area contributed by atoms with Crippen molar-refractivity contribution in [2.24, 2.45) is 5.73 Å². The Bertz CT molecular complexity index is 308. The molecule has 0 unspecified atom stereocenters. The number of hydrogen-bond donors (Lipinski definition) is 1. The Morgan fingerprint density at radius 3 is 3.00 bits per heavy atom. The lowest BCUT2D eigenvalue weighted by Gasteiger charge is -1.85. The number of furan rings is 1. The average Bonchev–Trinajstić information content (AvgIpc) is 2.50. The average molecular weight is 150 g/mol. The summed E-state index contributed by atoms with van der Waals surface area (Å²) >= 11 is 0. The van der Waals surface area contributed by atoms with Gasteiger partial charge in [0.2, 0.25) is 5.76 Å². The van der Waals surface area contributed by atoms with Crippen LogP contribution in [-0.4, -0.2) is 12.3 Å². The van der Waals surface area contributed by atoms with E-state index in [0.29, 0.717) is 5.56 Å². The quantitative estimate of drug-likeness (QED) is 0.614. The van der Waals surface area contributed by atoms with Crippen LogP contribution in [0.5, 0.6) is 0 Å². The van der Waals surface area contributed by atoms with E-state index < -0.39 is 0 Å². The van der Waals surface area contributed by atoms with E-state index in [1.807, 2.05) is 0 Å². The van der Waals surface area contributed by atoms with Crippen molar-refractivity contribution < 1.29 is 9.21 Å². The van der Waals surface area contributed by atoms with Crippen LogP contribution in [-0.2, 0) is 0 Å². The maximum absolute atomic E-state index is 10.8. The number of nitrogens with zero attached hydrogens (tertiary/aromatic N) is 1. The summed E-state index contributed by atoms with van der Waals surface area (Å²) in [5.41, 5.74) is 5.43. The normalized spacial score (nSPS) is 9.09. The highest BCUT2D eigenvalue weighted by Crippen LogP contribution is 2.06. The molecule has 11 heavy (non-hydrogen) atoms. The van der Waals surface area contributed by atoms with Crippen LogP contribution in [0.4, 0.5) is 0 Å². The minimum atomic E-state index is -0.227. The number of carbonyl (C=O) groups is 1. The van der Waals surface area contributed by atoms with Crippen LogP contribution in [0.2, 0.25) is 0 Å². The second-order valence-corrected chi connectivity index (χ2v) is 1.94. The minimum absolute atomic E-state index is 0.0651. The first kappa shape index (κ1) is 7.51. The molecule has 56 valence electrons. The maximum Gasteiger partial charge on any atom is 0.203 e. The van der Waals surface area contributed by atoms with Crippen molar-refractivity contribution in [2.75, 3.05) is 6.54 Å². The zero-order valence-electron chi connectivity index (χ0n) is 5.70. The first-order valence-electron chi connectivity index (χ1n) is 3.00. The van der Waals surface area contributed by atoms with E-state index in [1.165, 1.54) is 12.3 Å². The van der Waals surface area contributed by atoms with Gasteiger partial charge in [0.25, 0.3) is 0 Å². The first-order valence-corrected chi connectivity index (χ1v) is 3.00. The predicted octanol–water partition coefficient (Wildman–Crippen LogP) is 0.293. The van der Waals surface area contributed by atoms with E-state index in [-0.39, 0.29) is 18.1 Å². The van der Waals surface area contributed by atoms with E-state index in [0.717, 1.165) is 0 Å². The van der Waals surface area contributed by atoms with Gasteiger partial charge in [0.05, 0.1) is 12.1 Å². The Balaban J connectivity index is 2.91. The molecule has 0 saturated heterocycles. The summed E-state index contributed by atoms with van der Waals surface area (Å²) in [4.78, 5) is 10.8. The summed E-state index contributed by atoms with van der Waals surface area (Å²) < 4.78 is 4.70. The van der Waals surface area contributed by atoms with Gasteiger partial charge >= 0.3 is 0 Å². The van der Waals surface area contributed by atoms with Crippen molar-refractivity contribution in [2.45, 2.75) is 0 Å². The van der Waals surface area contributed by atoms with Gasteiger partial charge in [-0.05, 0) is 0 Å². The topological polar surface area (TPSA) is 80.0 Å². The largest absolute Gasteiger partial charge is 0.453 e. The SMILES string of the molecule is N#Cc1cc(C(=O)CN)co1. The molecule has 1 rings (SSSR count). The van der Waals surface area contributed by atoms with Gasteiger partial charge in [-0.2, -0.15) is 5.26 Å². The zero-order valence-corrected chi connectivity index (χ0v) is 5.70. The third-order valence-corrected chi connectivity index (χ3v) is 1.22. The molecule has 0 aliphatic carbocycles. The molecule has 1 heterocycles. The lowest BCUT2D eigenvalue weighted by atomic mass is 10.2. The third-order valence-electron chi connectivity index (χ3n) is 1.22. The molecule has 0 fully saturated rings. The predicted molar refractivity (Wildman–Crippen MR) is 36.8 cm³/mol. The lowest BCUT2D eigenvalue weighted by molar-refractivity contribution is 0.100. The summed E-state index contributed by atoms with van der Waals surface area (Å²) in [5.74, 6) is -0.1000. The lowest BCUT2D eigenvalue weighted by Crippen LogP contribution is -2.12. The summed E-state index contributed by atoms with van der Waals surface area (Å²) in [6, 6.07) is 3.14. The number of Topliss-reactive ketones (excluding diaryl/α,β-unsaturated/α-hetero) is 1. The smallest absolute Gasteiger partial charge is 0.203 e.